The highest BCUT2D eigenvalue weighted by atomic mass is 35.5. The topological polar surface area (TPSA) is 66.1 Å². The van der Waals surface area contributed by atoms with Gasteiger partial charge in [0.1, 0.15) is 22.7 Å². The second-order valence-corrected chi connectivity index (χ2v) is 6.47. The van der Waals surface area contributed by atoms with Crippen molar-refractivity contribution in [1.29, 1.82) is 0 Å². The Hall–Kier alpha value is -1.47. The molecule has 8 heteroatoms. The van der Waals surface area contributed by atoms with Crippen LogP contribution in [-0.4, -0.2) is 55.7 Å². The molecule has 6 nitrogen and oxygen atoms in total. The zero-order valence-electron chi connectivity index (χ0n) is 16.1. The maximum Gasteiger partial charge on any atom is 0.342 e. The third-order valence-corrected chi connectivity index (χ3v) is 3.75. The number of phenolic OH excluding ortho intramolecular Hbond substituents is 1. The second-order valence-electron chi connectivity index (χ2n) is 6.47. The van der Waals surface area contributed by atoms with Crippen LogP contribution < -0.4 is 0 Å². The molecular weight excluding hydrogens is 379 g/mol. The number of hydrogen-bond donors (Lipinski definition) is 1. The fourth-order valence-corrected chi connectivity index (χ4v) is 2.89. The number of aryl methyl sites for hydroxylation is 1. The summed E-state index contributed by atoms with van der Waals surface area (Å²) in [6.07, 6.45) is 0. The van der Waals surface area contributed by atoms with Gasteiger partial charge in [0.25, 0.3) is 0 Å². The first-order valence-electron chi connectivity index (χ1n) is 7.99. The third-order valence-electron chi connectivity index (χ3n) is 3.75. The number of nitrogens with zero attached hydrogens (tertiary/aromatic N) is 2. The van der Waals surface area contributed by atoms with Crippen molar-refractivity contribution >= 4 is 41.8 Å². The number of hydrogen-bond acceptors (Lipinski definition) is 6. The lowest BCUT2D eigenvalue weighted by Gasteiger charge is -2.17. The molecule has 0 unspecified atom stereocenters. The van der Waals surface area contributed by atoms with Crippen LogP contribution in [-0.2, 0) is 17.8 Å². The Labute approximate surface area is 166 Å². The van der Waals surface area contributed by atoms with Gasteiger partial charge in [0.15, 0.2) is 0 Å². The van der Waals surface area contributed by atoms with Crippen LogP contribution in [0.25, 0.3) is 11.0 Å². The lowest BCUT2D eigenvalue weighted by molar-refractivity contribution is 0.0526. The zero-order chi connectivity index (χ0) is 18.0. The highest BCUT2D eigenvalue weighted by Gasteiger charge is 2.25. The Kier molecular flexibility index (Phi) is 9.45. The van der Waals surface area contributed by atoms with Crippen molar-refractivity contribution in [2.75, 3.05) is 34.8 Å². The molecular formula is C18H28Cl2N2O4. The van der Waals surface area contributed by atoms with Gasteiger partial charge in [-0.2, -0.15) is 0 Å². The number of rotatable bonds is 6. The van der Waals surface area contributed by atoms with E-state index in [0.29, 0.717) is 47.6 Å². The van der Waals surface area contributed by atoms with Crippen molar-refractivity contribution in [3.63, 3.8) is 0 Å². The van der Waals surface area contributed by atoms with E-state index in [4.69, 9.17) is 9.15 Å². The monoisotopic (exact) mass is 406 g/mol. The fourth-order valence-electron chi connectivity index (χ4n) is 2.89. The summed E-state index contributed by atoms with van der Waals surface area (Å²) in [5.41, 5.74) is 2.46. The van der Waals surface area contributed by atoms with Crippen LogP contribution in [0.4, 0.5) is 0 Å². The summed E-state index contributed by atoms with van der Waals surface area (Å²) < 4.78 is 11.0. The molecule has 0 amide bonds. The number of esters is 1. The van der Waals surface area contributed by atoms with Gasteiger partial charge in [0.2, 0.25) is 0 Å². The molecule has 0 fully saturated rings. The van der Waals surface area contributed by atoms with Crippen LogP contribution in [0.5, 0.6) is 5.75 Å². The van der Waals surface area contributed by atoms with Gasteiger partial charge in [-0.25, -0.2) is 4.79 Å². The molecule has 1 N–H and O–H groups in total. The summed E-state index contributed by atoms with van der Waals surface area (Å²) in [6, 6.07) is 1.81. The first-order chi connectivity index (χ1) is 11.3. The van der Waals surface area contributed by atoms with E-state index in [2.05, 4.69) is 0 Å². The second kappa shape index (κ2) is 10.0. The van der Waals surface area contributed by atoms with Gasteiger partial charge in [-0.1, -0.05) is 0 Å². The number of halogens is 2. The minimum absolute atomic E-state index is 0. The van der Waals surface area contributed by atoms with Crippen LogP contribution in [0.3, 0.4) is 0 Å². The lowest BCUT2D eigenvalue weighted by atomic mass is 9.99. The van der Waals surface area contributed by atoms with Crippen molar-refractivity contribution in [2.45, 2.75) is 26.9 Å². The summed E-state index contributed by atoms with van der Waals surface area (Å²) in [6.45, 7) is 4.88. The minimum atomic E-state index is -0.423. The molecule has 2 rings (SSSR count). The standard InChI is InChI=1S/C18H26N2O4.2ClH/c1-7-23-18(22)15-11(2)24-14-8-12(9-19(3)4)17(21)13(16(14)15)10-20(5)6;;/h8,21H,7,9-10H2,1-6H3;2*1H. The molecule has 0 aliphatic rings. The average Bonchev–Trinajstić information content (AvgIpc) is 2.78. The van der Waals surface area contributed by atoms with Crippen LogP contribution in [0.1, 0.15) is 34.2 Å². The third kappa shape index (κ3) is 5.04. The Bertz CT molecular complexity index is 757. The quantitative estimate of drug-likeness (QED) is 0.739. The van der Waals surface area contributed by atoms with Crippen LogP contribution >= 0.6 is 24.8 Å². The van der Waals surface area contributed by atoms with Gasteiger partial charge < -0.3 is 24.1 Å². The molecule has 0 saturated carbocycles. The largest absolute Gasteiger partial charge is 0.507 e. The Morgan fingerprint density at radius 3 is 2.23 bits per heavy atom. The van der Waals surface area contributed by atoms with Crippen molar-refractivity contribution in [3.8, 4) is 5.75 Å². The molecule has 0 spiro atoms. The van der Waals surface area contributed by atoms with Crippen molar-refractivity contribution in [3.05, 3.63) is 28.5 Å². The molecule has 0 radical (unpaired) electrons. The van der Waals surface area contributed by atoms with E-state index in [1.165, 1.54) is 0 Å². The number of benzene rings is 1. The Morgan fingerprint density at radius 1 is 1.15 bits per heavy atom. The fraction of sp³-hybridized carbons (Fsp3) is 0.500. The number of carbonyl (C=O) groups excluding carboxylic acids is 1. The highest BCUT2D eigenvalue weighted by Crippen LogP contribution is 2.37. The number of fused-ring (bicyclic) bond motifs is 1. The molecule has 0 aliphatic heterocycles. The first-order valence-corrected chi connectivity index (χ1v) is 7.99. The molecule has 0 bridgehead atoms. The smallest absolute Gasteiger partial charge is 0.342 e. The van der Waals surface area contributed by atoms with Gasteiger partial charge in [-0.15, -0.1) is 24.8 Å². The molecule has 2 aromatic rings. The molecule has 148 valence electrons. The summed E-state index contributed by atoms with van der Waals surface area (Å²) >= 11 is 0. The lowest BCUT2D eigenvalue weighted by Crippen LogP contribution is -2.15. The van der Waals surface area contributed by atoms with Gasteiger partial charge in [0.05, 0.1) is 6.61 Å². The average molecular weight is 407 g/mol. The number of aromatic hydroxyl groups is 1. The number of phenols is 1. The predicted octanol–water partition coefficient (Wildman–Crippen LogP) is 3.59. The minimum Gasteiger partial charge on any atom is -0.507 e. The summed E-state index contributed by atoms with van der Waals surface area (Å²) in [5, 5.41) is 11.4. The molecule has 26 heavy (non-hydrogen) atoms. The van der Waals surface area contributed by atoms with Crippen LogP contribution in [0.15, 0.2) is 10.5 Å². The van der Waals surface area contributed by atoms with Crippen LogP contribution in [0, 0.1) is 6.92 Å². The van der Waals surface area contributed by atoms with E-state index in [9.17, 15) is 9.90 Å². The zero-order valence-corrected chi connectivity index (χ0v) is 17.7. The number of furan rings is 1. The maximum atomic E-state index is 12.4. The molecule has 0 saturated heterocycles. The molecule has 1 aromatic carbocycles. The van der Waals surface area contributed by atoms with E-state index in [-0.39, 0.29) is 30.6 Å². The van der Waals surface area contributed by atoms with Gasteiger partial charge >= 0.3 is 5.97 Å². The van der Waals surface area contributed by atoms with E-state index in [1.807, 2.05) is 38.0 Å². The SMILES string of the molecule is CCOC(=O)c1c(C)oc2cc(CN(C)C)c(O)c(CN(C)C)c12.Cl.Cl. The predicted molar refractivity (Wildman–Crippen MR) is 108 cm³/mol. The molecule has 1 aromatic heterocycles. The van der Waals surface area contributed by atoms with Gasteiger partial charge in [0, 0.05) is 29.6 Å². The highest BCUT2D eigenvalue weighted by molar-refractivity contribution is 6.06. The van der Waals surface area contributed by atoms with Gasteiger partial charge in [-0.05, 0) is 48.1 Å². The van der Waals surface area contributed by atoms with Crippen molar-refractivity contribution < 1.29 is 19.1 Å². The number of ether oxygens (including phenoxy) is 1. The van der Waals surface area contributed by atoms with E-state index >= 15 is 0 Å². The molecule has 0 aliphatic carbocycles. The van der Waals surface area contributed by atoms with Crippen LogP contribution in [0.2, 0.25) is 0 Å². The van der Waals surface area contributed by atoms with E-state index < -0.39 is 5.97 Å². The van der Waals surface area contributed by atoms with E-state index in [1.54, 1.807) is 19.9 Å². The first kappa shape index (κ1) is 24.5. The maximum absolute atomic E-state index is 12.4. The summed E-state index contributed by atoms with van der Waals surface area (Å²) in [4.78, 5) is 16.3. The van der Waals surface area contributed by atoms with Crippen molar-refractivity contribution in [2.24, 2.45) is 0 Å². The molecule has 1 heterocycles. The van der Waals surface area contributed by atoms with Gasteiger partial charge in [-0.3, -0.25) is 0 Å². The normalized spacial score (nSPS) is 10.8. The Balaban J connectivity index is 0.00000312. The Morgan fingerprint density at radius 2 is 1.73 bits per heavy atom. The van der Waals surface area contributed by atoms with E-state index in [0.717, 1.165) is 5.56 Å². The summed E-state index contributed by atoms with van der Waals surface area (Å²) in [7, 11) is 7.71. The molecule has 0 atom stereocenters. The number of carbonyl (C=O) groups is 1. The van der Waals surface area contributed by atoms with Crippen molar-refractivity contribution in [1.82, 2.24) is 9.80 Å². The summed E-state index contributed by atoms with van der Waals surface area (Å²) in [5.74, 6) is 0.287.